The molecule has 0 unspecified atom stereocenters. The van der Waals surface area contributed by atoms with Gasteiger partial charge in [0.05, 0.1) is 17.6 Å². The largest absolute Gasteiger partial charge is 0.304 e. The van der Waals surface area contributed by atoms with Crippen LogP contribution in [-0.4, -0.2) is 25.8 Å². The van der Waals surface area contributed by atoms with Crippen LogP contribution < -0.4 is 5.32 Å². The molecular formula is C11H11N5O. The SMILES string of the molecule is Cc1cnc(C(=O)Nc2nccnc2C)cn1. The number of carbonyl (C=O) groups is 1. The molecule has 6 heteroatoms. The zero-order valence-electron chi connectivity index (χ0n) is 9.51. The molecule has 0 spiro atoms. The predicted octanol–water partition coefficient (Wildman–Crippen LogP) is 1.14. The minimum atomic E-state index is -0.346. The second-order valence-electron chi connectivity index (χ2n) is 3.49. The van der Waals surface area contributed by atoms with Crippen molar-refractivity contribution in [2.24, 2.45) is 0 Å². The number of nitrogens with one attached hydrogen (secondary N) is 1. The number of amides is 1. The van der Waals surface area contributed by atoms with Crippen molar-refractivity contribution in [2.45, 2.75) is 13.8 Å². The molecule has 0 bridgehead atoms. The maximum absolute atomic E-state index is 11.8. The summed E-state index contributed by atoms with van der Waals surface area (Å²) in [5.74, 6) is 0.0842. The first-order valence-electron chi connectivity index (χ1n) is 5.04. The molecule has 17 heavy (non-hydrogen) atoms. The average molecular weight is 229 g/mol. The van der Waals surface area contributed by atoms with Crippen LogP contribution in [0.4, 0.5) is 5.82 Å². The Morgan fingerprint density at radius 3 is 2.47 bits per heavy atom. The fourth-order valence-corrected chi connectivity index (χ4v) is 1.21. The molecule has 0 aliphatic carbocycles. The van der Waals surface area contributed by atoms with Crippen LogP contribution in [0.25, 0.3) is 0 Å². The van der Waals surface area contributed by atoms with Crippen LogP contribution in [0, 0.1) is 13.8 Å². The van der Waals surface area contributed by atoms with E-state index in [9.17, 15) is 4.79 Å². The summed E-state index contributed by atoms with van der Waals surface area (Å²) in [7, 11) is 0. The number of aryl methyl sites for hydroxylation is 2. The summed E-state index contributed by atoms with van der Waals surface area (Å²) in [4.78, 5) is 27.8. The molecule has 0 radical (unpaired) electrons. The zero-order chi connectivity index (χ0) is 12.3. The Kier molecular flexibility index (Phi) is 3.04. The van der Waals surface area contributed by atoms with Gasteiger partial charge < -0.3 is 5.32 Å². The van der Waals surface area contributed by atoms with Gasteiger partial charge in [0.1, 0.15) is 5.69 Å². The third kappa shape index (κ3) is 2.60. The number of hydrogen-bond donors (Lipinski definition) is 1. The van der Waals surface area contributed by atoms with Crippen LogP contribution in [0.5, 0.6) is 0 Å². The Morgan fingerprint density at radius 1 is 1.06 bits per heavy atom. The number of hydrogen-bond acceptors (Lipinski definition) is 5. The standard InChI is InChI=1S/C11H11N5O/c1-7-5-15-9(6-14-7)11(17)16-10-8(2)12-3-4-13-10/h3-6H,1-2H3,(H,13,16,17). The van der Waals surface area contributed by atoms with Gasteiger partial charge >= 0.3 is 0 Å². The fraction of sp³-hybridized carbons (Fsp3) is 0.182. The molecule has 2 aromatic rings. The first-order valence-corrected chi connectivity index (χ1v) is 5.04. The van der Waals surface area contributed by atoms with Gasteiger partial charge in [0.25, 0.3) is 5.91 Å². The summed E-state index contributed by atoms with van der Waals surface area (Å²) >= 11 is 0. The summed E-state index contributed by atoms with van der Waals surface area (Å²) < 4.78 is 0. The second kappa shape index (κ2) is 4.65. The molecule has 0 aliphatic heterocycles. The summed E-state index contributed by atoms with van der Waals surface area (Å²) in [6, 6.07) is 0. The Balaban J connectivity index is 2.17. The number of anilines is 1. The molecule has 0 aromatic carbocycles. The molecule has 0 atom stereocenters. The van der Waals surface area contributed by atoms with Crippen molar-refractivity contribution < 1.29 is 4.79 Å². The molecule has 2 rings (SSSR count). The highest BCUT2D eigenvalue weighted by Crippen LogP contribution is 2.07. The first kappa shape index (κ1) is 11.1. The van der Waals surface area contributed by atoms with E-state index in [2.05, 4.69) is 25.3 Å². The zero-order valence-corrected chi connectivity index (χ0v) is 9.51. The molecule has 1 N–H and O–H groups in total. The van der Waals surface area contributed by atoms with Gasteiger partial charge in [-0.2, -0.15) is 0 Å². The van der Waals surface area contributed by atoms with Gasteiger partial charge in [0.15, 0.2) is 5.82 Å². The van der Waals surface area contributed by atoms with E-state index >= 15 is 0 Å². The summed E-state index contributed by atoms with van der Waals surface area (Å²) in [6.45, 7) is 3.57. The van der Waals surface area contributed by atoms with Gasteiger partial charge in [-0.15, -0.1) is 0 Å². The third-order valence-corrected chi connectivity index (χ3v) is 2.13. The molecular weight excluding hydrogens is 218 g/mol. The lowest BCUT2D eigenvalue weighted by molar-refractivity contribution is 0.102. The van der Waals surface area contributed by atoms with Crippen molar-refractivity contribution in [2.75, 3.05) is 5.32 Å². The highest BCUT2D eigenvalue weighted by Gasteiger charge is 2.10. The van der Waals surface area contributed by atoms with E-state index in [0.29, 0.717) is 11.5 Å². The van der Waals surface area contributed by atoms with Gasteiger partial charge in [-0.05, 0) is 13.8 Å². The van der Waals surface area contributed by atoms with E-state index in [-0.39, 0.29) is 11.6 Å². The molecule has 0 fully saturated rings. The third-order valence-electron chi connectivity index (χ3n) is 2.13. The van der Waals surface area contributed by atoms with Gasteiger partial charge in [-0.1, -0.05) is 0 Å². The topological polar surface area (TPSA) is 80.7 Å². The second-order valence-corrected chi connectivity index (χ2v) is 3.49. The van der Waals surface area contributed by atoms with Gasteiger partial charge in [-0.3, -0.25) is 14.8 Å². The van der Waals surface area contributed by atoms with Crippen LogP contribution in [0.15, 0.2) is 24.8 Å². The molecule has 0 saturated carbocycles. The van der Waals surface area contributed by atoms with E-state index in [1.165, 1.54) is 12.4 Å². The number of carbonyl (C=O) groups excluding carboxylic acids is 1. The Labute approximate surface area is 98.2 Å². The van der Waals surface area contributed by atoms with E-state index in [0.717, 1.165) is 5.69 Å². The van der Waals surface area contributed by atoms with Crippen molar-refractivity contribution in [3.8, 4) is 0 Å². The van der Waals surface area contributed by atoms with Gasteiger partial charge in [0, 0.05) is 18.6 Å². The van der Waals surface area contributed by atoms with Gasteiger partial charge in [0.2, 0.25) is 0 Å². The molecule has 1 amide bonds. The molecule has 0 saturated heterocycles. The van der Waals surface area contributed by atoms with Crippen molar-refractivity contribution in [1.82, 2.24) is 19.9 Å². The van der Waals surface area contributed by atoms with E-state index < -0.39 is 0 Å². The average Bonchev–Trinajstić information content (AvgIpc) is 2.33. The van der Waals surface area contributed by atoms with Crippen molar-refractivity contribution >= 4 is 11.7 Å². The van der Waals surface area contributed by atoms with Crippen LogP contribution in [0.2, 0.25) is 0 Å². The smallest absolute Gasteiger partial charge is 0.277 e. The van der Waals surface area contributed by atoms with E-state index in [1.54, 1.807) is 19.3 Å². The lowest BCUT2D eigenvalue weighted by Gasteiger charge is -2.05. The molecule has 2 aromatic heterocycles. The van der Waals surface area contributed by atoms with E-state index in [4.69, 9.17) is 0 Å². The monoisotopic (exact) mass is 229 g/mol. The lowest BCUT2D eigenvalue weighted by atomic mass is 10.3. The van der Waals surface area contributed by atoms with Crippen LogP contribution in [0.1, 0.15) is 21.9 Å². The van der Waals surface area contributed by atoms with Crippen LogP contribution in [0.3, 0.4) is 0 Å². The Bertz CT molecular complexity index is 538. The summed E-state index contributed by atoms with van der Waals surface area (Å²) in [5, 5.41) is 2.63. The van der Waals surface area contributed by atoms with Crippen molar-refractivity contribution in [1.29, 1.82) is 0 Å². The highest BCUT2D eigenvalue weighted by atomic mass is 16.1. The maximum Gasteiger partial charge on any atom is 0.277 e. The van der Waals surface area contributed by atoms with Crippen LogP contribution in [-0.2, 0) is 0 Å². The van der Waals surface area contributed by atoms with Crippen molar-refractivity contribution in [3.63, 3.8) is 0 Å². The number of nitrogens with zero attached hydrogens (tertiary/aromatic N) is 4. The fourth-order valence-electron chi connectivity index (χ4n) is 1.21. The summed E-state index contributed by atoms with van der Waals surface area (Å²) in [5.41, 5.74) is 1.67. The van der Waals surface area contributed by atoms with Gasteiger partial charge in [-0.25, -0.2) is 9.97 Å². The van der Waals surface area contributed by atoms with Crippen molar-refractivity contribution in [3.05, 3.63) is 41.9 Å². The minimum absolute atomic E-state index is 0.251. The Hall–Kier alpha value is -2.37. The minimum Gasteiger partial charge on any atom is -0.304 e. The summed E-state index contributed by atoms with van der Waals surface area (Å²) in [6.07, 6.45) is 6.05. The molecule has 86 valence electrons. The van der Waals surface area contributed by atoms with E-state index in [1.807, 2.05) is 6.92 Å². The number of rotatable bonds is 2. The normalized spacial score (nSPS) is 10.0. The number of aromatic nitrogens is 4. The molecule has 6 nitrogen and oxygen atoms in total. The first-order chi connectivity index (χ1) is 8.16. The quantitative estimate of drug-likeness (QED) is 0.835. The predicted molar refractivity (Wildman–Crippen MR) is 61.5 cm³/mol. The molecule has 2 heterocycles. The Morgan fingerprint density at radius 2 is 1.82 bits per heavy atom. The van der Waals surface area contributed by atoms with Crippen LogP contribution >= 0.6 is 0 Å². The lowest BCUT2D eigenvalue weighted by Crippen LogP contribution is -2.16. The highest BCUT2D eigenvalue weighted by molar-refractivity contribution is 6.02. The molecule has 0 aliphatic rings. The maximum atomic E-state index is 11.8.